The molecule has 0 radical (unpaired) electrons. The second-order valence-corrected chi connectivity index (χ2v) is 5.85. The number of ether oxygens (including phenoxy) is 2. The zero-order valence-corrected chi connectivity index (χ0v) is 14.8. The van der Waals surface area contributed by atoms with Crippen LogP contribution in [-0.4, -0.2) is 68.6 Å². The van der Waals surface area contributed by atoms with E-state index in [0.717, 1.165) is 13.0 Å². The largest absolute Gasteiger partial charge is 0.448 e. The van der Waals surface area contributed by atoms with Crippen LogP contribution >= 0.6 is 0 Å². The Kier molecular flexibility index (Phi) is 12.1. The molecule has 0 spiro atoms. The quantitative estimate of drug-likeness (QED) is 0.519. The molecule has 0 aromatic carbocycles. The van der Waals surface area contributed by atoms with Crippen molar-refractivity contribution < 1.29 is 19.1 Å². The number of alkyl carbamates (subject to hydrolysis) is 2. The molecule has 0 rings (SSSR count). The SMILES string of the molecule is CC(C)NC(=O)OCCN(CCCN)CCOC(=O)NC(C)C. The summed E-state index contributed by atoms with van der Waals surface area (Å²) in [4.78, 5) is 24.9. The maximum atomic E-state index is 11.4. The highest BCUT2D eigenvalue weighted by Gasteiger charge is 2.09. The Balaban J connectivity index is 4.01. The number of hydrogen-bond donors (Lipinski definition) is 3. The number of nitrogens with two attached hydrogens (primary N) is 1. The van der Waals surface area contributed by atoms with E-state index in [1.54, 1.807) is 0 Å². The molecule has 2 amide bonds. The summed E-state index contributed by atoms with van der Waals surface area (Å²) in [6.07, 6.45) is -0.0196. The van der Waals surface area contributed by atoms with Gasteiger partial charge >= 0.3 is 12.2 Å². The lowest BCUT2D eigenvalue weighted by Gasteiger charge is -2.22. The van der Waals surface area contributed by atoms with E-state index in [1.165, 1.54) is 0 Å². The van der Waals surface area contributed by atoms with Gasteiger partial charge in [-0.05, 0) is 47.2 Å². The summed E-state index contributed by atoms with van der Waals surface area (Å²) in [6, 6.07) is 0.0902. The van der Waals surface area contributed by atoms with Crippen molar-refractivity contribution in [2.24, 2.45) is 5.73 Å². The Labute approximate surface area is 139 Å². The minimum Gasteiger partial charge on any atom is -0.448 e. The summed E-state index contributed by atoms with van der Waals surface area (Å²) in [5, 5.41) is 5.32. The average molecular weight is 332 g/mol. The summed E-state index contributed by atoms with van der Waals surface area (Å²) < 4.78 is 10.2. The molecule has 8 nitrogen and oxygen atoms in total. The van der Waals surface area contributed by atoms with Crippen LogP contribution in [0.1, 0.15) is 34.1 Å². The molecule has 0 saturated heterocycles. The van der Waals surface area contributed by atoms with Crippen LogP contribution in [0.15, 0.2) is 0 Å². The van der Waals surface area contributed by atoms with Crippen LogP contribution in [0, 0.1) is 0 Å². The van der Waals surface area contributed by atoms with Gasteiger partial charge in [0.1, 0.15) is 13.2 Å². The molecule has 136 valence electrons. The number of rotatable bonds is 11. The fourth-order valence-electron chi connectivity index (χ4n) is 1.74. The molecule has 0 heterocycles. The van der Waals surface area contributed by atoms with Gasteiger partial charge in [-0.15, -0.1) is 0 Å². The van der Waals surface area contributed by atoms with Gasteiger partial charge in [-0.2, -0.15) is 0 Å². The molecular formula is C15H32N4O4. The number of nitrogens with one attached hydrogen (secondary N) is 2. The van der Waals surface area contributed by atoms with Gasteiger partial charge in [0, 0.05) is 25.2 Å². The Morgan fingerprint density at radius 1 is 0.913 bits per heavy atom. The summed E-state index contributed by atoms with van der Waals surface area (Å²) in [5.41, 5.74) is 5.52. The van der Waals surface area contributed by atoms with Gasteiger partial charge in [-0.3, -0.25) is 4.90 Å². The van der Waals surface area contributed by atoms with Gasteiger partial charge < -0.3 is 25.8 Å². The summed E-state index contributed by atoms with van der Waals surface area (Å²) in [6.45, 7) is 10.5. The maximum Gasteiger partial charge on any atom is 0.407 e. The molecule has 8 heteroatoms. The lowest BCUT2D eigenvalue weighted by molar-refractivity contribution is 0.104. The van der Waals surface area contributed by atoms with E-state index in [2.05, 4.69) is 15.5 Å². The highest BCUT2D eigenvalue weighted by atomic mass is 16.6. The van der Waals surface area contributed by atoms with Crippen LogP contribution in [0.2, 0.25) is 0 Å². The summed E-state index contributed by atoms with van der Waals surface area (Å²) >= 11 is 0. The van der Waals surface area contributed by atoms with E-state index < -0.39 is 12.2 Å². The Hall–Kier alpha value is -1.54. The first kappa shape index (κ1) is 21.5. The number of hydrogen-bond acceptors (Lipinski definition) is 6. The van der Waals surface area contributed by atoms with Crippen LogP contribution in [0.3, 0.4) is 0 Å². The first-order chi connectivity index (χ1) is 10.8. The van der Waals surface area contributed by atoms with Crippen molar-refractivity contribution >= 4 is 12.2 Å². The number of amides is 2. The zero-order valence-electron chi connectivity index (χ0n) is 14.8. The maximum absolute atomic E-state index is 11.4. The number of nitrogens with zero attached hydrogens (tertiary/aromatic N) is 1. The van der Waals surface area contributed by atoms with Crippen molar-refractivity contribution in [2.75, 3.05) is 39.4 Å². The monoisotopic (exact) mass is 332 g/mol. The van der Waals surface area contributed by atoms with E-state index in [-0.39, 0.29) is 25.3 Å². The van der Waals surface area contributed by atoms with Crippen LogP contribution in [0.5, 0.6) is 0 Å². The van der Waals surface area contributed by atoms with E-state index >= 15 is 0 Å². The minimum atomic E-state index is -0.425. The van der Waals surface area contributed by atoms with Crippen molar-refractivity contribution in [3.63, 3.8) is 0 Å². The smallest absolute Gasteiger partial charge is 0.407 e. The lowest BCUT2D eigenvalue weighted by Crippen LogP contribution is -2.37. The molecule has 0 aliphatic heterocycles. The third-order valence-electron chi connectivity index (χ3n) is 2.77. The van der Waals surface area contributed by atoms with Gasteiger partial charge in [0.25, 0.3) is 0 Å². The van der Waals surface area contributed by atoms with Gasteiger partial charge in [-0.1, -0.05) is 0 Å². The topological polar surface area (TPSA) is 106 Å². The van der Waals surface area contributed by atoms with Crippen molar-refractivity contribution in [2.45, 2.75) is 46.2 Å². The first-order valence-electron chi connectivity index (χ1n) is 8.14. The molecule has 4 N–H and O–H groups in total. The van der Waals surface area contributed by atoms with Crippen LogP contribution in [0.4, 0.5) is 9.59 Å². The third kappa shape index (κ3) is 13.8. The van der Waals surface area contributed by atoms with E-state index in [1.807, 2.05) is 27.7 Å². The molecule has 0 aliphatic rings. The second-order valence-electron chi connectivity index (χ2n) is 5.85. The number of carbonyl (C=O) groups excluding carboxylic acids is 2. The zero-order chi connectivity index (χ0) is 17.7. The van der Waals surface area contributed by atoms with E-state index in [0.29, 0.717) is 19.6 Å². The average Bonchev–Trinajstić information content (AvgIpc) is 2.42. The molecule has 0 fully saturated rings. The molecular weight excluding hydrogens is 300 g/mol. The molecule has 23 heavy (non-hydrogen) atoms. The molecule has 0 saturated carbocycles. The van der Waals surface area contributed by atoms with Crippen molar-refractivity contribution in [3.05, 3.63) is 0 Å². The van der Waals surface area contributed by atoms with Gasteiger partial charge in [0.15, 0.2) is 0 Å². The van der Waals surface area contributed by atoms with Gasteiger partial charge in [0.05, 0.1) is 0 Å². The summed E-state index contributed by atoms with van der Waals surface area (Å²) in [5.74, 6) is 0. The predicted octanol–water partition coefficient (Wildman–Crippen LogP) is 0.906. The molecule has 0 aromatic rings. The van der Waals surface area contributed by atoms with Gasteiger partial charge in [-0.25, -0.2) is 9.59 Å². The molecule has 0 aromatic heterocycles. The van der Waals surface area contributed by atoms with Gasteiger partial charge in [0.2, 0.25) is 0 Å². The molecule has 0 atom stereocenters. The Morgan fingerprint density at radius 3 is 1.70 bits per heavy atom. The standard InChI is InChI=1S/C15H32N4O4/c1-12(2)17-14(20)22-10-8-19(7-5-6-16)9-11-23-15(21)18-13(3)4/h12-13H,5-11,16H2,1-4H3,(H,17,20)(H,18,21). The fraction of sp³-hybridized carbons (Fsp3) is 0.867. The van der Waals surface area contributed by atoms with E-state index in [9.17, 15) is 9.59 Å². The normalized spacial score (nSPS) is 11.0. The van der Waals surface area contributed by atoms with Crippen molar-refractivity contribution in [1.82, 2.24) is 15.5 Å². The number of carbonyl (C=O) groups is 2. The second kappa shape index (κ2) is 13.0. The predicted molar refractivity (Wildman–Crippen MR) is 89.4 cm³/mol. The minimum absolute atomic E-state index is 0.0451. The molecule has 0 bridgehead atoms. The van der Waals surface area contributed by atoms with E-state index in [4.69, 9.17) is 15.2 Å². The highest BCUT2D eigenvalue weighted by molar-refractivity contribution is 5.67. The first-order valence-corrected chi connectivity index (χ1v) is 8.14. The van der Waals surface area contributed by atoms with Crippen LogP contribution in [0.25, 0.3) is 0 Å². The molecule has 0 unspecified atom stereocenters. The van der Waals surface area contributed by atoms with Crippen molar-refractivity contribution in [3.8, 4) is 0 Å². The highest BCUT2D eigenvalue weighted by Crippen LogP contribution is 1.94. The third-order valence-corrected chi connectivity index (χ3v) is 2.77. The van der Waals surface area contributed by atoms with Crippen LogP contribution in [-0.2, 0) is 9.47 Å². The Morgan fingerprint density at radius 2 is 1.35 bits per heavy atom. The Bertz CT molecular complexity index is 309. The van der Waals surface area contributed by atoms with Crippen molar-refractivity contribution in [1.29, 1.82) is 0 Å². The van der Waals surface area contributed by atoms with Crippen LogP contribution < -0.4 is 16.4 Å². The summed E-state index contributed by atoms with van der Waals surface area (Å²) in [7, 11) is 0. The fourth-order valence-corrected chi connectivity index (χ4v) is 1.74. The molecule has 0 aliphatic carbocycles. The lowest BCUT2D eigenvalue weighted by atomic mass is 10.3.